The van der Waals surface area contributed by atoms with Gasteiger partial charge in [-0.05, 0) is 49.2 Å². The van der Waals surface area contributed by atoms with Gasteiger partial charge in [-0.25, -0.2) is 0 Å². The highest BCUT2D eigenvalue weighted by atomic mass is 16.5. The summed E-state index contributed by atoms with van der Waals surface area (Å²) in [7, 11) is 1.54. The molecule has 0 spiro atoms. The molecule has 2 aromatic carbocycles. The van der Waals surface area contributed by atoms with E-state index in [0.717, 1.165) is 33.8 Å². The van der Waals surface area contributed by atoms with Crippen LogP contribution in [0.3, 0.4) is 0 Å². The molecular formula is C24H24N4O4. The fourth-order valence-electron chi connectivity index (χ4n) is 3.29. The summed E-state index contributed by atoms with van der Waals surface area (Å²) in [6, 6.07) is 14.9. The molecular weight excluding hydrogens is 408 g/mol. The molecule has 0 radical (unpaired) electrons. The molecule has 2 heterocycles. The third-order valence-electron chi connectivity index (χ3n) is 5.20. The molecule has 0 saturated heterocycles. The third kappa shape index (κ3) is 4.64. The Balaban J connectivity index is 1.38. The third-order valence-corrected chi connectivity index (χ3v) is 5.20. The molecule has 0 aliphatic rings. The van der Waals surface area contributed by atoms with Crippen LogP contribution < -0.4 is 14.8 Å². The van der Waals surface area contributed by atoms with Crippen LogP contribution in [0, 0.1) is 13.8 Å². The highest BCUT2D eigenvalue weighted by Crippen LogP contribution is 2.29. The smallest absolute Gasteiger partial charge is 0.251 e. The normalized spacial score (nSPS) is 10.7. The number of rotatable bonds is 8. The minimum Gasteiger partial charge on any atom is -0.493 e. The Morgan fingerprint density at radius 1 is 1.09 bits per heavy atom. The van der Waals surface area contributed by atoms with Gasteiger partial charge >= 0.3 is 0 Å². The van der Waals surface area contributed by atoms with E-state index in [1.54, 1.807) is 31.5 Å². The lowest BCUT2D eigenvalue weighted by Crippen LogP contribution is -2.22. The standard InChI is InChI=1S/C24H24N4O4/c1-15-20(16(2)32-28-15)14-31-22-9-8-19(12-23(22)30-3)24(29)25-13-17-4-6-18(7-5-17)21-10-11-26-27-21/h4-12H,13-14H2,1-3H3,(H,25,29)(H,26,27). The largest absolute Gasteiger partial charge is 0.493 e. The van der Waals surface area contributed by atoms with Gasteiger partial charge in [-0.2, -0.15) is 5.10 Å². The summed E-state index contributed by atoms with van der Waals surface area (Å²) in [5.74, 6) is 1.54. The number of hydrogen-bond acceptors (Lipinski definition) is 6. The van der Waals surface area contributed by atoms with Crippen LogP contribution >= 0.6 is 0 Å². The Kier molecular flexibility index (Phi) is 6.21. The van der Waals surface area contributed by atoms with Crippen molar-refractivity contribution in [3.63, 3.8) is 0 Å². The molecule has 1 amide bonds. The average Bonchev–Trinajstić information content (AvgIpc) is 3.47. The van der Waals surface area contributed by atoms with Gasteiger partial charge in [0.25, 0.3) is 5.91 Å². The molecule has 4 aromatic rings. The lowest BCUT2D eigenvalue weighted by molar-refractivity contribution is 0.0950. The summed E-state index contributed by atoms with van der Waals surface area (Å²) < 4.78 is 16.5. The zero-order valence-corrected chi connectivity index (χ0v) is 18.1. The first kappa shape index (κ1) is 21.2. The number of aromatic nitrogens is 3. The minimum absolute atomic E-state index is 0.196. The molecule has 0 bridgehead atoms. The van der Waals surface area contributed by atoms with Crippen molar-refractivity contribution < 1.29 is 18.8 Å². The molecule has 8 heteroatoms. The molecule has 2 N–H and O–H groups in total. The van der Waals surface area contributed by atoms with E-state index in [4.69, 9.17) is 14.0 Å². The first-order chi connectivity index (χ1) is 15.5. The first-order valence-corrected chi connectivity index (χ1v) is 10.1. The summed E-state index contributed by atoms with van der Waals surface area (Å²) in [5, 5.41) is 13.8. The molecule has 164 valence electrons. The van der Waals surface area contributed by atoms with Crippen LogP contribution in [0.25, 0.3) is 11.3 Å². The molecule has 0 aliphatic carbocycles. The Hall–Kier alpha value is -4.07. The SMILES string of the molecule is COc1cc(C(=O)NCc2ccc(-c3ccn[nH]3)cc2)ccc1OCc1c(C)noc1C. The predicted octanol–water partition coefficient (Wildman–Crippen LogP) is 4.20. The summed E-state index contributed by atoms with van der Waals surface area (Å²) >= 11 is 0. The van der Waals surface area contributed by atoms with Crippen LogP contribution in [0.1, 0.15) is 32.9 Å². The number of amides is 1. The fraction of sp³-hybridized carbons (Fsp3) is 0.208. The van der Waals surface area contributed by atoms with Gasteiger partial charge in [0, 0.05) is 18.3 Å². The van der Waals surface area contributed by atoms with Crippen molar-refractivity contribution in [1.82, 2.24) is 20.7 Å². The van der Waals surface area contributed by atoms with Crippen LogP contribution in [0.4, 0.5) is 0 Å². The predicted molar refractivity (Wildman–Crippen MR) is 118 cm³/mol. The van der Waals surface area contributed by atoms with Crippen molar-refractivity contribution >= 4 is 5.91 Å². The molecule has 0 unspecified atom stereocenters. The van der Waals surface area contributed by atoms with Crippen LogP contribution in [0.2, 0.25) is 0 Å². The number of nitrogens with zero attached hydrogens (tertiary/aromatic N) is 2. The second-order valence-corrected chi connectivity index (χ2v) is 7.31. The number of aryl methyl sites for hydroxylation is 2. The van der Waals surface area contributed by atoms with Gasteiger partial charge in [0.2, 0.25) is 0 Å². The quantitative estimate of drug-likeness (QED) is 0.433. The van der Waals surface area contributed by atoms with Crippen molar-refractivity contribution in [1.29, 1.82) is 0 Å². The van der Waals surface area contributed by atoms with E-state index >= 15 is 0 Å². The fourth-order valence-corrected chi connectivity index (χ4v) is 3.29. The van der Waals surface area contributed by atoms with Gasteiger partial charge in [0.1, 0.15) is 12.4 Å². The number of carbonyl (C=O) groups is 1. The summed E-state index contributed by atoms with van der Waals surface area (Å²) in [6.45, 7) is 4.42. The lowest BCUT2D eigenvalue weighted by Gasteiger charge is -2.12. The summed E-state index contributed by atoms with van der Waals surface area (Å²) in [4.78, 5) is 12.6. The molecule has 0 aliphatic heterocycles. The van der Waals surface area contributed by atoms with Gasteiger partial charge in [-0.3, -0.25) is 9.89 Å². The number of nitrogens with one attached hydrogen (secondary N) is 2. The van der Waals surface area contributed by atoms with Gasteiger partial charge < -0.3 is 19.3 Å². The molecule has 0 atom stereocenters. The van der Waals surface area contributed by atoms with E-state index in [2.05, 4.69) is 20.7 Å². The molecule has 2 aromatic heterocycles. The monoisotopic (exact) mass is 432 g/mol. The maximum atomic E-state index is 12.6. The number of H-pyrrole nitrogens is 1. The lowest BCUT2D eigenvalue weighted by atomic mass is 10.1. The van der Waals surface area contributed by atoms with Gasteiger partial charge in [-0.15, -0.1) is 0 Å². The van der Waals surface area contributed by atoms with E-state index in [9.17, 15) is 4.79 Å². The van der Waals surface area contributed by atoms with Crippen molar-refractivity contribution in [2.24, 2.45) is 0 Å². The van der Waals surface area contributed by atoms with Crippen molar-refractivity contribution in [3.8, 4) is 22.8 Å². The Morgan fingerprint density at radius 3 is 2.56 bits per heavy atom. The highest BCUT2D eigenvalue weighted by molar-refractivity contribution is 5.94. The van der Waals surface area contributed by atoms with Crippen LogP contribution in [0.15, 0.2) is 59.3 Å². The van der Waals surface area contributed by atoms with Crippen molar-refractivity contribution in [2.45, 2.75) is 27.0 Å². The maximum Gasteiger partial charge on any atom is 0.251 e. The van der Waals surface area contributed by atoms with E-state index < -0.39 is 0 Å². The number of ether oxygens (including phenoxy) is 2. The Bertz CT molecular complexity index is 1180. The topological polar surface area (TPSA) is 102 Å². The van der Waals surface area contributed by atoms with Crippen LogP contribution in [-0.2, 0) is 13.2 Å². The van der Waals surface area contributed by atoms with E-state index in [-0.39, 0.29) is 5.91 Å². The molecule has 8 nitrogen and oxygen atoms in total. The number of methoxy groups -OCH3 is 1. The zero-order valence-electron chi connectivity index (χ0n) is 18.1. The van der Waals surface area contributed by atoms with Crippen LogP contribution in [0.5, 0.6) is 11.5 Å². The molecule has 0 fully saturated rings. The molecule has 4 rings (SSSR count). The van der Waals surface area contributed by atoms with E-state index in [0.29, 0.717) is 30.2 Å². The summed E-state index contributed by atoms with van der Waals surface area (Å²) in [5.41, 5.74) is 5.15. The van der Waals surface area contributed by atoms with E-state index in [1.165, 1.54) is 0 Å². The average molecular weight is 432 g/mol. The first-order valence-electron chi connectivity index (χ1n) is 10.1. The second kappa shape index (κ2) is 9.38. The number of aromatic amines is 1. The highest BCUT2D eigenvalue weighted by Gasteiger charge is 2.14. The summed E-state index contributed by atoms with van der Waals surface area (Å²) in [6.07, 6.45) is 1.71. The second-order valence-electron chi connectivity index (χ2n) is 7.31. The Morgan fingerprint density at radius 2 is 1.91 bits per heavy atom. The van der Waals surface area contributed by atoms with E-state index in [1.807, 2.05) is 44.2 Å². The number of carbonyl (C=O) groups excluding carboxylic acids is 1. The Labute approximate surface area is 185 Å². The molecule has 0 saturated carbocycles. The van der Waals surface area contributed by atoms with Crippen molar-refractivity contribution in [2.75, 3.05) is 7.11 Å². The number of hydrogen-bond donors (Lipinski definition) is 2. The van der Waals surface area contributed by atoms with Crippen molar-refractivity contribution in [3.05, 3.63) is 82.9 Å². The van der Waals surface area contributed by atoms with Gasteiger partial charge in [0.05, 0.1) is 24.1 Å². The molecule has 32 heavy (non-hydrogen) atoms. The maximum absolute atomic E-state index is 12.6. The van der Waals surface area contributed by atoms with Gasteiger partial charge in [-0.1, -0.05) is 29.4 Å². The zero-order chi connectivity index (χ0) is 22.5. The minimum atomic E-state index is -0.196. The van der Waals surface area contributed by atoms with Gasteiger partial charge in [0.15, 0.2) is 11.5 Å². The number of benzene rings is 2. The van der Waals surface area contributed by atoms with Crippen LogP contribution in [-0.4, -0.2) is 28.4 Å².